The molecule has 1 spiro atoms. The largest absolute Gasteiger partial charge is 0.417 e. The fourth-order valence-electron chi connectivity index (χ4n) is 6.60. The van der Waals surface area contributed by atoms with Crippen LogP contribution in [0.15, 0.2) is 60.9 Å². The van der Waals surface area contributed by atoms with Crippen LogP contribution >= 0.6 is 11.6 Å². The highest BCUT2D eigenvalue weighted by atomic mass is 35.5. The van der Waals surface area contributed by atoms with Crippen molar-refractivity contribution in [3.63, 3.8) is 0 Å². The molecule has 2 amide bonds. The maximum absolute atomic E-state index is 13.6. The van der Waals surface area contributed by atoms with Gasteiger partial charge >= 0.3 is 6.18 Å². The zero-order valence-electron chi connectivity index (χ0n) is 22.4. The van der Waals surface area contributed by atoms with Gasteiger partial charge in [-0.2, -0.15) is 13.2 Å². The third-order valence-electron chi connectivity index (χ3n) is 8.90. The molecule has 0 unspecified atom stereocenters. The lowest BCUT2D eigenvalue weighted by molar-refractivity contribution is -0.137. The number of carbonyl (C=O) groups is 2. The molecule has 3 heterocycles. The number of aryl methyl sites for hydroxylation is 1. The summed E-state index contributed by atoms with van der Waals surface area (Å²) in [7, 11) is 0. The molecular formula is C31H30ClF3N4O2. The fraction of sp³-hybridized carbons (Fsp3) is 0.387. The second-order valence-corrected chi connectivity index (χ2v) is 11.7. The third kappa shape index (κ3) is 5.39. The van der Waals surface area contributed by atoms with Gasteiger partial charge in [-0.25, -0.2) is 0 Å². The van der Waals surface area contributed by atoms with Gasteiger partial charge in [-0.1, -0.05) is 23.7 Å². The van der Waals surface area contributed by atoms with Crippen LogP contribution in [0.5, 0.6) is 0 Å². The molecule has 2 fully saturated rings. The van der Waals surface area contributed by atoms with Crippen molar-refractivity contribution in [2.45, 2.75) is 44.3 Å². The summed E-state index contributed by atoms with van der Waals surface area (Å²) in [6, 6.07) is 12.4. The monoisotopic (exact) mass is 582 g/mol. The summed E-state index contributed by atoms with van der Waals surface area (Å²) in [5.41, 5.74) is 1.90. The van der Waals surface area contributed by atoms with Gasteiger partial charge in [0.25, 0.3) is 11.8 Å². The molecule has 1 aromatic heterocycles. The molecule has 214 valence electrons. The smallest absolute Gasteiger partial charge is 0.371 e. The SMILES string of the molecule is O=C(N[C@@H]1CCc2ccc(C(=O)N3CCC4(CCN(c5ccncc5)CC4)C3)cc21)c1c(Cl)cccc1C(F)(F)F. The highest BCUT2D eigenvalue weighted by molar-refractivity contribution is 6.34. The number of fused-ring (bicyclic) bond motifs is 1. The molecule has 3 aromatic rings. The Kier molecular flexibility index (Phi) is 7.18. The summed E-state index contributed by atoms with van der Waals surface area (Å²) in [4.78, 5) is 35.0. The molecule has 0 bridgehead atoms. The molecule has 0 radical (unpaired) electrons. The van der Waals surface area contributed by atoms with E-state index >= 15 is 0 Å². The molecule has 2 saturated heterocycles. The molecule has 10 heteroatoms. The first-order valence-corrected chi connectivity index (χ1v) is 14.3. The summed E-state index contributed by atoms with van der Waals surface area (Å²) >= 11 is 6.04. The standard InChI is InChI=1S/C31H30ClF3N4O2/c32-25-3-1-2-24(31(33,34)35)27(25)28(40)37-26-7-6-20-4-5-21(18-23(20)26)29(41)39-17-12-30(19-39)10-15-38(16-11-30)22-8-13-36-14-9-22/h1-5,8-9,13-14,18,26H,6-7,10-12,15-17,19H2,(H,37,40)/t26-/m1/s1. The summed E-state index contributed by atoms with van der Waals surface area (Å²) in [6.07, 6.45) is 3.07. The highest BCUT2D eigenvalue weighted by Crippen LogP contribution is 2.42. The Bertz CT molecular complexity index is 1470. The average molecular weight is 583 g/mol. The maximum Gasteiger partial charge on any atom is 0.417 e. The van der Waals surface area contributed by atoms with Crippen molar-refractivity contribution in [2.24, 2.45) is 5.41 Å². The maximum atomic E-state index is 13.6. The van der Waals surface area contributed by atoms with E-state index in [0.29, 0.717) is 31.5 Å². The zero-order valence-corrected chi connectivity index (χ0v) is 23.1. The Morgan fingerprint density at radius 2 is 1.73 bits per heavy atom. The number of piperidine rings is 1. The Morgan fingerprint density at radius 3 is 2.46 bits per heavy atom. The van der Waals surface area contributed by atoms with Crippen LogP contribution in [0.3, 0.4) is 0 Å². The third-order valence-corrected chi connectivity index (χ3v) is 9.21. The lowest BCUT2D eigenvalue weighted by Gasteiger charge is -2.40. The van der Waals surface area contributed by atoms with Crippen molar-refractivity contribution in [1.29, 1.82) is 0 Å². The van der Waals surface area contributed by atoms with Gasteiger partial charge in [-0.3, -0.25) is 14.6 Å². The summed E-state index contributed by atoms with van der Waals surface area (Å²) < 4.78 is 40.7. The number of halogens is 4. The molecule has 2 aliphatic heterocycles. The first-order chi connectivity index (χ1) is 19.6. The van der Waals surface area contributed by atoms with Crippen LogP contribution < -0.4 is 10.2 Å². The minimum absolute atomic E-state index is 0.0522. The van der Waals surface area contributed by atoms with Gasteiger partial charge < -0.3 is 15.1 Å². The van der Waals surface area contributed by atoms with E-state index in [0.717, 1.165) is 49.5 Å². The molecule has 1 atom stereocenters. The number of carbonyl (C=O) groups excluding carboxylic acids is 2. The van der Waals surface area contributed by atoms with Gasteiger partial charge in [0.1, 0.15) is 0 Å². The van der Waals surface area contributed by atoms with E-state index in [1.54, 1.807) is 18.5 Å². The Labute approximate surface area is 241 Å². The number of nitrogens with zero attached hydrogens (tertiary/aromatic N) is 3. The lowest BCUT2D eigenvalue weighted by atomic mass is 9.77. The molecule has 41 heavy (non-hydrogen) atoms. The number of hydrogen-bond acceptors (Lipinski definition) is 4. The average Bonchev–Trinajstić information content (AvgIpc) is 3.57. The molecule has 2 aromatic carbocycles. The summed E-state index contributed by atoms with van der Waals surface area (Å²) in [6.45, 7) is 3.28. The number of benzene rings is 2. The van der Waals surface area contributed by atoms with E-state index in [-0.39, 0.29) is 16.3 Å². The van der Waals surface area contributed by atoms with Crippen molar-refractivity contribution in [3.05, 3.63) is 93.8 Å². The van der Waals surface area contributed by atoms with Crippen LogP contribution in [0.25, 0.3) is 0 Å². The highest BCUT2D eigenvalue weighted by Gasteiger charge is 2.42. The number of aromatic nitrogens is 1. The van der Waals surface area contributed by atoms with E-state index in [9.17, 15) is 22.8 Å². The second kappa shape index (κ2) is 10.7. The number of likely N-dealkylation sites (tertiary alicyclic amines) is 1. The number of pyridine rings is 1. The molecule has 1 aliphatic carbocycles. The lowest BCUT2D eigenvalue weighted by Crippen LogP contribution is -2.42. The first kappa shape index (κ1) is 27.6. The number of alkyl halides is 3. The van der Waals surface area contributed by atoms with Crippen LogP contribution in [0, 0.1) is 5.41 Å². The number of anilines is 1. The number of amides is 2. The van der Waals surface area contributed by atoms with Gasteiger partial charge in [-0.05, 0) is 85.0 Å². The molecule has 1 N–H and O–H groups in total. The van der Waals surface area contributed by atoms with Crippen molar-refractivity contribution in [1.82, 2.24) is 15.2 Å². The number of hydrogen-bond donors (Lipinski definition) is 1. The van der Waals surface area contributed by atoms with Crippen LogP contribution in [0.2, 0.25) is 5.02 Å². The van der Waals surface area contributed by atoms with Gasteiger partial charge in [-0.15, -0.1) is 0 Å². The fourth-order valence-corrected chi connectivity index (χ4v) is 6.86. The summed E-state index contributed by atoms with van der Waals surface area (Å²) in [5.74, 6) is -0.930. The van der Waals surface area contributed by atoms with E-state index in [1.807, 2.05) is 29.2 Å². The van der Waals surface area contributed by atoms with E-state index in [4.69, 9.17) is 11.6 Å². The van der Waals surface area contributed by atoms with Crippen LogP contribution in [-0.4, -0.2) is 47.9 Å². The van der Waals surface area contributed by atoms with Crippen molar-refractivity contribution >= 4 is 29.1 Å². The van der Waals surface area contributed by atoms with Crippen LogP contribution in [0.4, 0.5) is 18.9 Å². The van der Waals surface area contributed by atoms with E-state index < -0.39 is 29.3 Å². The molecule has 0 saturated carbocycles. The second-order valence-electron chi connectivity index (χ2n) is 11.3. The Morgan fingerprint density at radius 1 is 1.00 bits per heavy atom. The van der Waals surface area contributed by atoms with Gasteiger partial charge in [0.2, 0.25) is 0 Å². The van der Waals surface area contributed by atoms with Gasteiger partial charge in [0.15, 0.2) is 0 Å². The summed E-state index contributed by atoms with van der Waals surface area (Å²) in [5, 5.41) is 2.49. The quantitative estimate of drug-likeness (QED) is 0.392. The van der Waals surface area contributed by atoms with Crippen LogP contribution in [-0.2, 0) is 12.6 Å². The van der Waals surface area contributed by atoms with Crippen molar-refractivity contribution in [2.75, 3.05) is 31.1 Å². The molecule has 3 aliphatic rings. The van der Waals surface area contributed by atoms with Crippen molar-refractivity contribution < 1.29 is 22.8 Å². The number of nitrogens with one attached hydrogen (secondary N) is 1. The van der Waals surface area contributed by atoms with E-state index in [2.05, 4.69) is 15.2 Å². The number of rotatable bonds is 4. The van der Waals surface area contributed by atoms with Crippen LogP contribution in [0.1, 0.15) is 69.1 Å². The minimum Gasteiger partial charge on any atom is -0.371 e. The Balaban J connectivity index is 1.14. The van der Waals surface area contributed by atoms with E-state index in [1.165, 1.54) is 17.8 Å². The predicted molar refractivity (Wildman–Crippen MR) is 150 cm³/mol. The first-order valence-electron chi connectivity index (χ1n) is 13.9. The van der Waals surface area contributed by atoms with Crippen molar-refractivity contribution in [3.8, 4) is 0 Å². The molecule has 6 nitrogen and oxygen atoms in total. The minimum atomic E-state index is -4.71. The molecular weight excluding hydrogens is 553 g/mol. The zero-order chi connectivity index (χ0) is 28.8. The topological polar surface area (TPSA) is 65.5 Å². The predicted octanol–water partition coefficient (Wildman–Crippen LogP) is 6.30. The van der Waals surface area contributed by atoms with Gasteiger partial charge in [0, 0.05) is 49.8 Å². The Hall–Kier alpha value is -3.59. The normalized spacial score (nSPS) is 19.9. The molecule has 6 rings (SSSR count). The van der Waals surface area contributed by atoms with Gasteiger partial charge in [0.05, 0.1) is 22.2 Å².